The highest BCUT2D eigenvalue weighted by Gasteiger charge is 2.36. The minimum absolute atomic E-state index is 0.109. The number of hydrogen-bond donors (Lipinski definition) is 1. The van der Waals surface area contributed by atoms with E-state index >= 15 is 0 Å². The third-order valence-electron chi connectivity index (χ3n) is 4.76. The Morgan fingerprint density at radius 2 is 1.89 bits per heavy atom. The van der Waals surface area contributed by atoms with Gasteiger partial charge in [-0.3, -0.25) is 9.89 Å². The summed E-state index contributed by atoms with van der Waals surface area (Å²) in [4.78, 5) is 14.2. The first-order chi connectivity index (χ1) is 8.79. The van der Waals surface area contributed by atoms with Crippen molar-refractivity contribution in [1.29, 1.82) is 0 Å². The molecule has 2 fully saturated rings. The van der Waals surface area contributed by atoms with Crippen molar-refractivity contribution < 1.29 is 4.79 Å². The van der Waals surface area contributed by atoms with Gasteiger partial charge in [0.15, 0.2) is 0 Å². The van der Waals surface area contributed by atoms with Crippen LogP contribution in [0, 0.1) is 5.41 Å². The van der Waals surface area contributed by atoms with Crippen LogP contribution in [0.1, 0.15) is 55.4 Å². The molecule has 98 valence electrons. The topological polar surface area (TPSA) is 49.0 Å². The maximum absolute atomic E-state index is 12.2. The van der Waals surface area contributed by atoms with Crippen LogP contribution < -0.4 is 0 Å². The highest BCUT2D eigenvalue weighted by atomic mass is 16.2. The number of piperidine rings is 1. The van der Waals surface area contributed by atoms with Crippen molar-refractivity contribution in [2.45, 2.75) is 44.9 Å². The van der Waals surface area contributed by atoms with E-state index in [-0.39, 0.29) is 5.91 Å². The van der Waals surface area contributed by atoms with Crippen LogP contribution in [0.3, 0.4) is 0 Å². The molecule has 4 heteroatoms. The number of hydrogen-bond acceptors (Lipinski definition) is 2. The third-order valence-corrected chi connectivity index (χ3v) is 4.76. The number of carbonyl (C=O) groups is 1. The number of aromatic amines is 1. The van der Waals surface area contributed by atoms with Crippen LogP contribution >= 0.6 is 0 Å². The fourth-order valence-corrected chi connectivity index (χ4v) is 3.53. The molecule has 4 nitrogen and oxygen atoms in total. The molecule has 2 aliphatic rings. The Labute approximate surface area is 108 Å². The van der Waals surface area contributed by atoms with E-state index in [0.717, 1.165) is 13.1 Å². The van der Waals surface area contributed by atoms with Crippen LogP contribution in [0.5, 0.6) is 0 Å². The first kappa shape index (κ1) is 11.8. The molecule has 1 aliphatic heterocycles. The average Bonchev–Trinajstić information content (AvgIpc) is 2.94. The minimum Gasteiger partial charge on any atom is -0.337 e. The second kappa shape index (κ2) is 4.75. The highest BCUT2D eigenvalue weighted by molar-refractivity contribution is 5.92. The molecule has 1 spiro atoms. The van der Waals surface area contributed by atoms with Gasteiger partial charge in [0.05, 0.1) is 0 Å². The predicted molar refractivity (Wildman–Crippen MR) is 69.2 cm³/mol. The largest absolute Gasteiger partial charge is 0.337 e. The molecule has 1 aliphatic carbocycles. The number of carbonyl (C=O) groups excluding carboxylic acids is 1. The van der Waals surface area contributed by atoms with Crippen LogP contribution in [0.15, 0.2) is 12.3 Å². The molecular formula is C14H21N3O. The number of amides is 1. The molecule has 0 aromatic carbocycles. The van der Waals surface area contributed by atoms with Crippen LogP contribution in [0.2, 0.25) is 0 Å². The number of aromatic nitrogens is 2. The van der Waals surface area contributed by atoms with Crippen molar-refractivity contribution in [3.63, 3.8) is 0 Å². The van der Waals surface area contributed by atoms with Crippen LogP contribution in [-0.4, -0.2) is 34.1 Å². The number of likely N-dealkylation sites (tertiary alicyclic amines) is 1. The van der Waals surface area contributed by atoms with Gasteiger partial charge in [-0.05, 0) is 37.2 Å². The summed E-state index contributed by atoms with van der Waals surface area (Å²) in [5.41, 5.74) is 1.18. The Bertz CT molecular complexity index is 397. The summed E-state index contributed by atoms with van der Waals surface area (Å²) in [7, 11) is 0. The quantitative estimate of drug-likeness (QED) is 0.829. The Morgan fingerprint density at radius 3 is 2.50 bits per heavy atom. The first-order valence-corrected chi connectivity index (χ1v) is 7.08. The van der Waals surface area contributed by atoms with Gasteiger partial charge in [-0.1, -0.05) is 19.3 Å². The van der Waals surface area contributed by atoms with Gasteiger partial charge >= 0.3 is 0 Å². The third kappa shape index (κ3) is 2.16. The van der Waals surface area contributed by atoms with Crippen molar-refractivity contribution in [2.75, 3.05) is 13.1 Å². The van der Waals surface area contributed by atoms with Gasteiger partial charge in [-0.25, -0.2) is 0 Å². The Hall–Kier alpha value is -1.32. The number of H-pyrrole nitrogens is 1. The Kier molecular flexibility index (Phi) is 3.10. The van der Waals surface area contributed by atoms with Gasteiger partial charge in [0.2, 0.25) is 0 Å². The second-order valence-corrected chi connectivity index (χ2v) is 5.82. The van der Waals surface area contributed by atoms with Gasteiger partial charge in [0, 0.05) is 19.3 Å². The van der Waals surface area contributed by atoms with E-state index in [0.29, 0.717) is 11.1 Å². The summed E-state index contributed by atoms with van der Waals surface area (Å²) in [5.74, 6) is 0.109. The maximum Gasteiger partial charge on any atom is 0.271 e. The number of nitrogens with zero attached hydrogens (tertiary/aromatic N) is 2. The summed E-state index contributed by atoms with van der Waals surface area (Å²) < 4.78 is 0. The summed E-state index contributed by atoms with van der Waals surface area (Å²) in [6.45, 7) is 1.83. The van der Waals surface area contributed by atoms with Gasteiger partial charge < -0.3 is 4.90 Å². The number of nitrogens with one attached hydrogen (secondary N) is 1. The molecule has 1 saturated carbocycles. The monoisotopic (exact) mass is 247 g/mol. The van der Waals surface area contributed by atoms with E-state index in [1.807, 2.05) is 4.90 Å². The van der Waals surface area contributed by atoms with Crippen molar-refractivity contribution in [3.05, 3.63) is 18.0 Å². The molecule has 0 unspecified atom stereocenters. The summed E-state index contributed by atoms with van der Waals surface area (Å²) in [6, 6.07) is 1.76. The lowest BCUT2D eigenvalue weighted by Gasteiger charge is -2.44. The molecule has 2 heterocycles. The summed E-state index contributed by atoms with van der Waals surface area (Å²) in [6.07, 6.45) is 10.9. The zero-order valence-corrected chi connectivity index (χ0v) is 10.8. The lowest BCUT2D eigenvalue weighted by molar-refractivity contribution is 0.0467. The van der Waals surface area contributed by atoms with E-state index in [1.165, 1.54) is 44.9 Å². The fraction of sp³-hybridized carbons (Fsp3) is 0.714. The number of rotatable bonds is 1. The smallest absolute Gasteiger partial charge is 0.271 e. The van der Waals surface area contributed by atoms with E-state index in [9.17, 15) is 4.79 Å². The molecular weight excluding hydrogens is 226 g/mol. The zero-order valence-electron chi connectivity index (χ0n) is 10.8. The lowest BCUT2D eigenvalue weighted by Crippen LogP contribution is -2.44. The average molecular weight is 247 g/mol. The standard InChI is InChI=1S/C14H21N3O/c18-13(12-4-9-15-16-12)17-10-7-14(8-11-17)5-2-1-3-6-14/h4,9H,1-3,5-8,10-11H2,(H,15,16). The molecule has 1 aromatic heterocycles. The first-order valence-electron chi connectivity index (χ1n) is 7.08. The predicted octanol–water partition coefficient (Wildman–Crippen LogP) is 2.60. The Morgan fingerprint density at radius 1 is 1.17 bits per heavy atom. The van der Waals surface area contributed by atoms with Gasteiger partial charge in [0.25, 0.3) is 5.91 Å². The molecule has 1 amide bonds. The fourth-order valence-electron chi connectivity index (χ4n) is 3.53. The van der Waals surface area contributed by atoms with Crippen molar-refractivity contribution in [1.82, 2.24) is 15.1 Å². The van der Waals surface area contributed by atoms with Gasteiger partial charge in [0.1, 0.15) is 5.69 Å². The zero-order chi connectivity index (χ0) is 12.4. The van der Waals surface area contributed by atoms with Crippen LogP contribution in [0.4, 0.5) is 0 Å². The van der Waals surface area contributed by atoms with Crippen molar-refractivity contribution >= 4 is 5.91 Å². The normalized spacial score (nSPS) is 23.2. The van der Waals surface area contributed by atoms with E-state index in [4.69, 9.17) is 0 Å². The van der Waals surface area contributed by atoms with Gasteiger partial charge in [-0.15, -0.1) is 0 Å². The van der Waals surface area contributed by atoms with Crippen molar-refractivity contribution in [3.8, 4) is 0 Å². The molecule has 0 radical (unpaired) electrons. The van der Waals surface area contributed by atoms with Crippen molar-refractivity contribution in [2.24, 2.45) is 5.41 Å². The Balaban J connectivity index is 1.61. The molecule has 18 heavy (non-hydrogen) atoms. The van der Waals surface area contributed by atoms with Gasteiger partial charge in [-0.2, -0.15) is 5.10 Å². The summed E-state index contributed by atoms with van der Waals surface area (Å²) >= 11 is 0. The van der Waals surface area contributed by atoms with Crippen LogP contribution in [0.25, 0.3) is 0 Å². The molecule has 3 rings (SSSR count). The molecule has 1 N–H and O–H groups in total. The van der Waals surface area contributed by atoms with E-state index in [1.54, 1.807) is 12.3 Å². The molecule has 1 aromatic rings. The lowest BCUT2D eigenvalue weighted by atomic mass is 9.68. The SMILES string of the molecule is O=C(c1ccn[nH]1)N1CCC2(CCCCC2)CC1. The molecule has 0 atom stereocenters. The molecule has 1 saturated heterocycles. The summed E-state index contributed by atoms with van der Waals surface area (Å²) in [5, 5.41) is 6.61. The van der Waals surface area contributed by atoms with E-state index < -0.39 is 0 Å². The molecule has 0 bridgehead atoms. The maximum atomic E-state index is 12.2. The second-order valence-electron chi connectivity index (χ2n) is 5.82. The highest BCUT2D eigenvalue weighted by Crippen LogP contribution is 2.44. The van der Waals surface area contributed by atoms with Crippen LogP contribution in [-0.2, 0) is 0 Å². The minimum atomic E-state index is 0.109. The van der Waals surface area contributed by atoms with E-state index in [2.05, 4.69) is 10.2 Å².